The van der Waals surface area contributed by atoms with Gasteiger partial charge in [-0.25, -0.2) is 0 Å². The van der Waals surface area contributed by atoms with Gasteiger partial charge in [-0.3, -0.25) is 4.79 Å². The molecule has 3 rings (SSSR count). The van der Waals surface area contributed by atoms with E-state index in [1.54, 1.807) is 43.0 Å². The Bertz CT molecular complexity index is 798. The first-order chi connectivity index (χ1) is 12.1. The highest BCUT2D eigenvalue weighted by Crippen LogP contribution is 2.22. The number of carbonyl (C=O) groups is 1. The Morgan fingerprint density at radius 1 is 1.48 bits per heavy atom. The molecular formula is C17H18N4O4. The van der Waals surface area contributed by atoms with Crippen molar-refractivity contribution in [1.29, 1.82) is 5.26 Å². The number of carbonyl (C=O) groups excluding carboxylic acids is 1. The van der Waals surface area contributed by atoms with E-state index in [9.17, 15) is 4.79 Å². The van der Waals surface area contributed by atoms with E-state index in [1.165, 1.54) is 0 Å². The largest absolute Gasteiger partial charge is 0.481 e. The van der Waals surface area contributed by atoms with E-state index in [1.807, 2.05) is 6.07 Å². The number of benzene rings is 1. The summed E-state index contributed by atoms with van der Waals surface area (Å²) in [4.78, 5) is 14.3. The van der Waals surface area contributed by atoms with Crippen molar-refractivity contribution in [3.05, 3.63) is 41.6 Å². The molecule has 0 radical (unpaired) electrons. The van der Waals surface area contributed by atoms with Crippen molar-refractivity contribution >= 4 is 5.91 Å². The van der Waals surface area contributed by atoms with E-state index in [4.69, 9.17) is 19.2 Å². The summed E-state index contributed by atoms with van der Waals surface area (Å²) in [6.45, 7) is 4.56. The summed E-state index contributed by atoms with van der Waals surface area (Å²) in [5.74, 6) is 1.14. The average molecular weight is 342 g/mol. The summed E-state index contributed by atoms with van der Waals surface area (Å²) >= 11 is 0. The lowest BCUT2D eigenvalue weighted by atomic mass is 10.2. The summed E-state index contributed by atoms with van der Waals surface area (Å²) in [6, 6.07) is 8.76. The normalized spacial score (nSPS) is 18.4. The fraction of sp³-hybridized carbons (Fsp3) is 0.412. The second-order valence-electron chi connectivity index (χ2n) is 5.70. The number of hydrogen-bond acceptors (Lipinski definition) is 7. The lowest BCUT2D eigenvalue weighted by molar-refractivity contribution is -0.146. The molecule has 1 aromatic carbocycles. The maximum absolute atomic E-state index is 12.7. The highest BCUT2D eigenvalue weighted by Gasteiger charge is 2.31. The third-order valence-electron chi connectivity index (χ3n) is 3.82. The first-order valence-electron chi connectivity index (χ1n) is 7.94. The zero-order valence-electron chi connectivity index (χ0n) is 14.0. The van der Waals surface area contributed by atoms with E-state index >= 15 is 0 Å². The Balaban J connectivity index is 1.64. The van der Waals surface area contributed by atoms with E-state index < -0.39 is 12.2 Å². The molecule has 1 aromatic heterocycles. The monoisotopic (exact) mass is 342 g/mol. The van der Waals surface area contributed by atoms with Gasteiger partial charge in [0.15, 0.2) is 12.2 Å². The van der Waals surface area contributed by atoms with Crippen LogP contribution < -0.4 is 4.74 Å². The Kier molecular flexibility index (Phi) is 4.95. The van der Waals surface area contributed by atoms with E-state index in [-0.39, 0.29) is 5.91 Å². The maximum Gasteiger partial charge on any atom is 0.263 e. The lowest BCUT2D eigenvalue weighted by Crippen LogP contribution is -2.47. The quantitative estimate of drug-likeness (QED) is 0.832. The minimum atomic E-state index is -0.683. The minimum absolute atomic E-state index is 0.160. The number of rotatable bonds is 4. The van der Waals surface area contributed by atoms with E-state index in [2.05, 4.69) is 10.2 Å². The molecule has 0 saturated carbocycles. The fourth-order valence-corrected chi connectivity index (χ4v) is 2.59. The van der Waals surface area contributed by atoms with Crippen LogP contribution in [0.3, 0.4) is 0 Å². The molecule has 0 N–H and O–H groups in total. The number of ether oxygens (including phenoxy) is 2. The van der Waals surface area contributed by atoms with Crippen LogP contribution >= 0.6 is 0 Å². The molecule has 2 heterocycles. The summed E-state index contributed by atoms with van der Waals surface area (Å²) in [6.07, 6.45) is -1.12. The number of nitrogens with zero attached hydrogens (tertiary/aromatic N) is 4. The van der Waals surface area contributed by atoms with Gasteiger partial charge in [0, 0.05) is 13.5 Å². The van der Waals surface area contributed by atoms with Gasteiger partial charge in [-0.1, -0.05) is 6.07 Å². The van der Waals surface area contributed by atoms with Gasteiger partial charge in [0.2, 0.25) is 11.8 Å². The van der Waals surface area contributed by atoms with Gasteiger partial charge in [-0.05, 0) is 25.1 Å². The predicted octanol–water partition coefficient (Wildman–Crippen LogP) is 1.62. The van der Waals surface area contributed by atoms with Crippen molar-refractivity contribution in [2.75, 3.05) is 19.7 Å². The highest BCUT2D eigenvalue weighted by atomic mass is 16.5. The SMILES string of the molecule is Cc1nnc([C@H]2CN(C(=O)[C@@H](C)Oc3cccc(C#N)c3)CCO2)o1. The molecule has 8 nitrogen and oxygen atoms in total. The van der Waals surface area contributed by atoms with Gasteiger partial charge in [0.25, 0.3) is 5.91 Å². The topological polar surface area (TPSA) is 101 Å². The average Bonchev–Trinajstić information content (AvgIpc) is 3.07. The second kappa shape index (κ2) is 7.32. The molecule has 0 unspecified atom stereocenters. The highest BCUT2D eigenvalue weighted by molar-refractivity contribution is 5.81. The number of nitriles is 1. The van der Waals surface area contributed by atoms with Crippen LogP contribution in [0.25, 0.3) is 0 Å². The van der Waals surface area contributed by atoms with Crippen molar-refractivity contribution in [3.8, 4) is 11.8 Å². The first-order valence-corrected chi connectivity index (χ1v) is 7.94. The molecule has 8 heteroatoms. The van der Waals surface area contributed by atoms with Crippen LogP contribution in [0.4, 0.5) is 0 Å². The molecular weight excluding hydrogens is 324 g/mol. The predicted molar refractivity (Wildman–Crippen MR) is 85.6 cm³/mol. The molecule has 1 amide bonds. The van der Waals surface area contributed by atoms with Gasteiger partial charge in [-0.15, -0.1) is 10.2 Å². The summed E-state index contributed by atoms with van der Waals surface area (Å²) in [7, 11) is 0. The van der Waals surface area contributed by atoms with Crippen LogP contribution in [-0.2, 0) is 9.53 Å². The number of amides is 1. The Hall–Kier alpha value is -2.92. The fourth-order valence-electron chi connectivity index (χ4n) is 2.59. The maximum atomic E-state index is 12.7. The van der Waals surface area contributed by atoms with Crippen molar-refractivity contribution in [1.82, 2.24) is 15.1 Å². The molecule has 130 valence electrons. The zero-order chi connectivity index (χ0) is 17.8. The van der Waals surface area contributed by atoms with Crippen molar-refractivity contribution < 1.29 is 18.7 Å². The summed E-state index contributed by atoms with van der Waals surface area (Å²) in [5, 5.41) is 16.7. The molecule has 2 atom stereocenters. The van der Waals surface area contributed by atoms with Gasteiger partial charge < -0.3 is 18.8 Å². The third-order valence-corrected chi connectivity index (χ3v) is 3.82. The van der Waals surface area contributed by atoms with Crippen LogP contribution in [0.2, 0.25) is 0 Å². The van der Waals surface area contributed by atoms with Gasteiger partial charge in [-0.2, -0.15) is 5.26 Å². The van der Waals surface area contributed by atoms with Crippen molar-refractivity contribution in [3.63, 3.8) is 0 Å². The molecule has 0 bridgehead atoms. The standard InChI is InChI=1S/C17H18N4O4/c1-11(24-14-5-3-4-13(8-14)9-18)17(22)21-6-7-23-15(10-21)16-20-19-12(2)25-16/h3-5,8,11,15H,6-7,10H2,1-2H3/t11-,15-/m1/s1. The number of morpholine rings is 1. The molecule has 2 aromatic rings. The minimum Gasteiger partial charge on any atom is -0.481 e. The van der Waals surface area contributed by atoms with E-state index in [0.717, 1.165) is 0 Å². The summed E-state index contributed by atoms with van der Waals surface area (Å²) < 4.78 is 16.7. The number of aryl methyl sites for hydroxylation is 1. The molecule has 1 saturated heterocycles. The Labute approximate surface area is 145 Å². The van der Waals surface area contributed by atoms with Crippen LogP contribution in [0, 0.1) is 18.3 Å². The Morgan fingerprint density at radius 3 is 3.04 bits per heavy atom. The van der Waals surface area contributed by atoms with E-state index in [0.29, 0.717) is 42.8 Å². The molecule has 1 aliphatic rings. The van der Waals surface area contributed by atoms with Crippen molar-refractivity contribution in [2.45, 2.75) is 26.1 Å². The third kappa shape index (κ3) is 3.95. The van der Waals surface area contributed by atoms with Gasteiger partial charge >= 0.3 is 0 Å². The van der Waals surface area contributed by atoms with Crippen LogP contribution in [-0.4, -0.2) is 46.8 Å². The molecule has 0 aliphatic carbocycles. The van der Waals surface area contributed by atoms with Crippen LogP contribution in [0.15, 0.2) is 28.7 Å². The first kappa shape index (κ1) is 16.9. The molecule has 1 aliphatic heterocycles. The number of aromatic nitrogens is 2. The van der Waals surface area contributed by atoms with Crippen LogP contribution in [0.5, 0.6) is 5.75 Å². The molecule has 0 spiro atoms. The second-order valence-corrected chi connectivity index (χ2v) is 5.70. The Morgan fingerprint density at radius 2 is 2.32 bits per heavy atom. The lowest BCUT2D eigenvalue weighted by Gasteiger charge is -2.32. The molecule has 25 heavy (non-hydrogen) atoms. The number of hydrogen-bond donors (Lipinski definition) is 0. The smallest absolute Gasteiger partial charge is 0.263 e. The van der Waals surface area contributed by atoms with Crippen molar-refractivity contribution in [2.24, 2.45) is 0 Å². The van der Waals surface area contributed by atoms with Gasteiger partial charge in [0.1, 0.15) is 5.75 Å². The zero-order valence-corrected chi connectivity index (χ0v) is 14.0. The summed E-state index contributed by atoms with van der Waals surface area (Å²) in [5.41, 5.74) is 0.482. The molecule has 1 fully saturated rings. The van der Waals surface area contributed by atoms with Gasteiger partial charge in [0.05, 0.1) is 24.8 Å². The van der Waals surface area contributed by atoms with Crippen LogP contribution in [0.1, 0.15) is 30.4 Å².